The average molecular weight is 496 g/mol. The largest absolute Gasteiger partial charge is 0.469 e. The maximum absolute atomic E-state index is 12.0. The Balaban J connectivity index is 3.26. The van der Waals surface area contributed by atoms with E-state index in [-0.39, 0.29) is 24.5 Å². The summed E-state index contributed by atoms with van der Waals surface area (Å²) in [5.74, 6) is -1.57. The molecular formula is C19H37N3O8SSi. The summed E-state index contributed by atoms with van der Waals surface area (Å²) in [7, 11) is -4.85. The second-order valence-electron chi connectivity index (χ2n) is 9.86. The van der Waals surface area contributed by atoms with E-state index in [9.17, 15) is 13.2 Å². The van der Waals surface area contributed by atoms with Crippen molar-refractivity contribution < 1.29 is 36.0 Å². The van der Waals surface area contributed by atoms with Gasteiger partial charge in [0, 0.05) is 11.3 Å². The molecule has 1 heterocycles. The molecule has 13 heteroatoms. The number of nitrogens with zero attached hydrogens (tertiary/aromatic N) is 3. The van der Waals surface area contributed by atoms with E-state index in [2.05, 4.69) is 35.5 Å². The van der Waals surface area contributed by atoms with Crippen molar-refractivity contribution in [2.75, 3.05) is 20.0 Å². The van der Waals surface area contributed by atoms with Crippen molar-refractivity contribution in [3.05, 3.63) is 10.4 Å². The zero-order valence-corrected chi connectivity index (χ0v) is 22.3. The van der Waals surface area contributed by atoms with Crippen molar-refractivity contribution in [1.82, 2.24) is 0 Å². The first kappa shape index (κ1) is 28.8. The molecule has 1 saturated heterocycles. The Labute approximate surface area is 192 Å². The van der Waals surface area contributed by atoms with Gasteiger partial charge in [-0.15, -0.1) is 0 Å². The second-order valence-corrected chi connectivity index (χ2v) is 16.3. The summed E-state index contributed by atoms with van der Waals surface area (Å²) in [4.78, 5) is 14.5. The zero-order chi connectivity index (χ0) is 25.0. The Bertz CT molecular complexity index is 806. The highest BCUT2D eigenvalue weighted by Crippen LogP contribution is 2.39. The first-order valence-electron chi connectivity index (χ1n) is 10.4. The topological polar surface area (TPSA) is 146 Å². The zero-order valence-electron chi connectivity index (χ0n) is 20.4. The van der Waals surface area contributed by atoms with Crippen molar-refractivity contribution in [2.45, 2.75) is 95.7 Å². The van der Waals surface area contributed by atoms with E-state index in [4.69, 9.17) is 23.6 Å². The van der Waals surface area contributed by atoms with Crippen LogP contribution in [0.4, 0.5) is 0 Å². The van der Waals surface area contributed by atoms with Gasteiger partial charge in [0.15, 0.2) is 14.1 Å². The molecule has 0 aromatic carbocycles. The highest BCUT2D eigenvalue weighted by atomic mass is 32.2. The molecule has 0 unspecified atom stereocenters. The second kappa shape index (κ2) is 10.8. The third-order valence-electron chi connectivity index (χ3n) is 5.69. The molecule has 0 N–H and O–H groups in total. The summed E-state index contributed by atoms with van der Waals surface area (Å²) in [6.07, 6.45) is -1.75. The van der Waals surface area contributed by atoms with E-state index < -0.39 is 54.5 Å². The molecular weight excluding hydrogens is 458 g/mol. The molecule has 1 aliphatic heterocycles. The number of esters is 1. The van der Waals surface area contributed by atoms with Crippen LogP contribution in [0.25, 0.3) is 10.4 Å². The predicted octanol–water partition coefficient (Wildman–Crippen LogP) is 3.51. The number of methoxy groups -OCH3 is 1. The van der Waals surface area contributed by atoms with Crippen LogP contribution >= 0.6 is 0 Å². The van der Waals surface area contributed by atoms with E-state index in [1.807, 2.05) is 13.1 Å². The maximum Gasteiger partial charge on any atom is 0.305 e. The maximum atomic E-state index is 12.0. The standard InChI is InChI=1S/C19H37N3O8SSi/c1-18(2,3)32(8,9)27-12-14(30-31(7,24)25)17-16(28-19(4,5)29-17)13(21-22-20)10-11-15(23)26-6/h13-14,16-17H,10-12H2,1-9H3/t13-,14-,16+,17-/m1/s1. The summed E-state index contributed by atoms with van der Waals surface area (Å²) >= 11 is 0. The van der Waals surface area contributed by atoms with Gasteiger partial charge in [0.1, 0.15) is 12.2 Å². The van der Waals surface area contributed by atoms with Crippen LogP contribution in [-0.4, -0.2) is 72.8 Å². The Hall–Kier alpha value is -1.21. The van der Waals surface area contributed by atoms with Crippen LogP contribution in [-0.2, 0) is 37.7 Å². The molecule has 11 nitrogen and oxygen atoms in total. The number of azide groups is 1. The van der Waals surface area contributed by atoms with E-state index >= 15 is 0 Å². The number of carbonyl (C=O) groups excluding carboxylic acids is 1. The fourth-order valence-electron chi connectivity index (χ4n) is 3.03. The fraction of sp³-hybridized carbons (Fsp3) is 0.947. The lowest BCUT2D eigenvalue weighted by atomic mass is 9.98. The van der Waals surface area contributed by atoms with Crippen molar-refractivity contribution in [3.63, 3.8) is 0 Å². The van der Waals surface area contributed by atoms with Crippen LogP contribution in [0.5, 0.6) is 0 Å². The lowest BCUT2D eigenvalue weighted by molar-refractivity contribution is -0.156. The molecule has 0 aliphatic carbocycles. The molecule has 32 heavy (non-hydrogen) atoms. The van der Waals surface area contributed by atoms with Crippen molar-refractivity contribution in [3.8, 4) is 0 Å². The molecule has 0 radical (unpaired) electrons. The van der Waals surface area contributed by atoms with Crippen molar-refractivity contribution in [2.24, 2.45) is 5.11 Å². The minimum Gasteiger partial charge on any atom is -0.469 e. The molecule has 0 spiro atoms. The van der Waals surface area contributed by atoms with Gasteiger partial charge in [0.25, 0.3) is 10.1 Å². The Morgan fingerprint density at radius 3 is 2.28 bits per heavy atom. The first-order valence-corrected chi connectivity index (χ1v) is 15.1. The van der Waals surface area contributed by atoms with Gasteiger partial charge in [0.05, 0.1) is 32.1 Å². The highest BCUT2D eigenvalue weighted by Gasteiger charge is 2.50. The van der Waals surface area contributed by atoms with Crippen LogP contribution in [0.3, 0.4) is 0 Å². The van der Waals surface area contributed by atoms with Gasteiger partial charge in [-0.25, -0.2) is 0 Å². The van der Waals surface area contributed by atoms with Crippen LogP contribution in [0.1, 0.15) is 47.5 Å². The molecule has 186 valence electrons. The highest BCUT2D eigenvalue weighted by molar-refractivity contribution is 7.86. The summed E-state index contributed by atoms with van der Waals surface area (Å²) < 4.78 is 52.3. The minimum absolute atomic E-state index is 0.00867. The molecule has 0 aromatic heterocycles. The monoisotopic (exact) mass is 495 g/mol. The van der Waals surface area contributed by atoms with E-state index in [1.54, 1.807) is 13.8 Å². The van der Waals surface area contributed by atoms with Crippen LogP contribution in [0.15, 0.2) is 5.11 Å². The smallest absolute Gasteiger partial charge is 0.305 e. The Kier molecular flexibility index (Phi) is 9.73. The quantitative estimate of drug-likeness (QED) is 0.106. The van der Waals surface area contributed by atoms with Crippen molar-refractivity contribution >= 4 is 24.4 Å². The van der Waals surface area contributed by atoms with E-state index in [0.29, 0.717) is 0 Å². The van der Waals surface area contributed by atoms with Gasteiger partial charge >= 0.3 is 5.97 Å². The van der Waals surface area contributed by atoms with E-state index in [1.165, 1.54) is 7.11 Å². The number of ether oxygens (including phenoxy) is 3. The third kappa shape index (κ3) is 8.62. The normalized spacial score (nSPS) is 23.3. The third-order valence-corrected chi connectivity index (χ3v) is 10.8. The van der Waals surface area contributed by atoms with Crippen LogP contribution in [0, 0.1) is 0 Å². The van der Waals surface area contributed by atoms with E-state index in [0.717, 1.165) is 6.26 Å². The van der Waals surface area contributed by atoms with Crippen LogP contribution < -0.4 is 0 Å². The molecule has 1 aliphatic rings. The fourth-order valence-corrected chi connectivity index (χ4v) is 4.66. The number of hydrogen-bond acceptors (Lipinski definition) is 9. The molecule has 1 fully saturated rings. The Morgan fingerprint density at radius 1 is 1.25 bits per heavy atom. The first-order chi connectivity index (χ1) is 14.4. The number of hydrogen-bond donors (Lipinski definition) is 0. The van der Waals surface area contributed by atoms with Gasteiger partial charge in [-0.05, 0) is 43.9 Å². The predicted molar refractivity (Wildman–Crippen MR) is 121 cm³/mol. The molecule has 0 aromatic rings. The SMILES string of the molecule is COC(=O)CC[C@@H](N=[N+]=[N-])[C@@H]1OC(C)(C)O[C@@H]1[C@@H](CO[Si](C)(C)C(C)(C)C)OS(C)(=O)=O. The summed E-state index contributed by atoms with van der Waals surface area (Å²) in [5.41, 5.74) is 9.06. The molecule has 0 amide bonds. The molecule has 1 rings (SSSR count). The molecule has 0 saturated carbocycles. The summed E-state index contributed by atoms with van der Waals surface area (Å²) in [6.45, 7) is 13.6. The summed E-state index contributed by atoms with van der Waals surface area (Å²) in [6, 6.07) is -0.815. The van der Waals surface area contributed by atoms with Crippen molar-refractivity contribution in [1.29, 1.82) is 0 Å². The average Bonchev–Trinajstić information content (AvgIpc) is 2.95. The molecule has 0 bridgehead atoms. The van der Waals surface area contributed by atoms with Gasteiger partial charge < -0.3 is 18.6 Å². The van der Waals surface area contributed by atoms with Gasteiger partial charge in [-0.1, -0.05) is 25.9 Å². The summed E-state index contributed by atoms with van der Waals surface area (Å²) in [5, 5.41) is 3.68. The molecule has 4 atom stereocenters. The minimum atomic E-state index is -3.87. The number of rotatable bonds is 11. The van der Waals surface area contributed by atoms with Crippen LogP contribution in [0.2, 0.25) is 18.1 Å². The Morgan fingerprint density at radius 2 is 1.81 bits per heavy atom. The van der Waals surface area contributed by atoms with Gasteiger partial charge in [-0.3, -0.25) is 8.98 Å². The van der Waals surface area contributed by atoms with Gasteiger partial charge in [-0.2, -0.15) is 8.42 Å². The lowest BCUT2D eigenvalue weighted by Gasteiger charge is -2.38. The van der Waals surface area contributed by atoms with Gasteiger partial charge in [0.2, 0.25) is 0 Å². The number of carbonyl (C=O) groups is 1. The lowest BCUT2D eigenvalue weighted by Crippen LogP contribution is -2.49.